The van der Waals surface area contributed by atoms with Crippen LogP contribution in [0.5, 0.6) is 0 Å². The van der Waals surface area contributed by atoms with Gasteiger partial charge in [0, 0.05) is 25.1 Å². The van der Waals surface area contributed by atoms with Gasteiger partial charge in [-0.05, 0) is 62.7 Å². The topological polar surface area (TPSA) is 15.3 Å². The van der Waals surface area contributed by atoms with E-state index >= 15 is 0 Å². The van der Waals surface area contributed by atoms with Gasteiger partial charge < -0.3 is 10.2 Å². The SMILES string of the molecule is CC1CCCC(N2CCC3(CC2)CNc2ccccc23)CC1.[HH]. The number of piperidine rings is 1. The highest BCUT2D eigenvalue weighted by atomic mass is 15.2. The Kier molecular flexibility index (Phi) is 3.89. The van der Waals surface area contributed by atoms with Crippen LogP contribution in [0.2, 0.25) is 0 Å². The normalized spacial score (nSPS) is 31.5. The van der Waals surface area contributed by atoms with E-state index in [1.54, 1.807) is 5.56 Å². The van der Waals surface area contributed by atoms with Gasteiger partial charge in [0.2, 0.25) is 0 Å². The van der Waals surface area contributed by atoms with E-state index in [2.05, 4.69) is 41.4 Å². The van der Waals surface area contributed by atoms with Crippen LogP contribution in [0.25, 0.3) is 0 Å². The molecule has 2 fully saturated rings. The predicted molar refractivity (Wildman–Crippen MR) is 95.6 cm³/mol. The van der Waals surface area contributed by atoms with E-state index in [-0.39, 0.29) is 1.43 Å². The lowest BCUT2D eigenvalue weighted by Gasteiger charge is -2.42. The number of hydrogen-bond acceptors (Lipinski definition) is 2. The molecule has 2 heterocycles. The molecule has 2 nitrogen and oxygen atoms in total. The number of likely N-dealkylation sites (tertiary alicyclic amines) is 1. The first kappa shape index (κ1) is 14.6. The van der Waals surface area contributed by atoms with Crippen molar-refractivity contribution in [3.05, 3.63) is 29.8 Å². The molecular formula is C20H32N2. The average molecular weight is 300 g/mol. The minimum absolute atomic E-state index is 0. The highest BCUT2D eigenvalue weighted by Crippen LogP contribution is 2.44. The fourth-order valence-electron chi connectivity index (χ4n) is 5.06. The monoisotopic (exact) mass is 300 g/mol. The summed E-state index contributed by atoms with van der Waals surface area (Å²) in [6, 6.07) is 9.85. The first-order chi connectivity index (χ1) is 10.8. The van der Waals surface area contributed by atoms with Gasteiger partial charge in [0.25, 0.3) is 0 Å². The average Bonchev–Trinajstić information content (AvgIpc) is 2.75. The van der Waals surface area contributed by atoms with Crippen molar-refractivity contribution < 1.29 is 1.43 Å². The number of rotatable bonds is 1. The molecule has 1 spiro atoms. The largest absolute Gasteiger partial charge is 0.384 e. The van der Waals surface area contributed by atoms with Crippen molar-refractivity contribution in [2.75, 3.05) is 25.0 Å². The second-order valence-electron chi connectivity index (χ2n) is 7.98. The van der Waals surface area contributed by atoms with Crippen LogP contribution in [0.15, 0.2) is 24.3 Å². The van der Waals surface area contributed by atoms with Gasteiger partial charge in [-0.15, -0.1) is 0 Å². The Balaban J connectivity index is 0.00000156. The van der Waals surface area contributed by atoms with Gasteiger partial charge in [0.05, 0.1) is 0 Å². The van der Waals surface area contributed by atoms with Crippen molar-refractivity contribution in [3.8, 4) is 0 Å². The van der Waals surface area contributed by atoms with Crippen LogP contribution in [0.4, 0.5) is 5.69 Å². The molecular weight excluding hydrogens is 268 g/mol. The summed E-state index contributed by atoms with van der Waals surface area (Å²) in [5.41, 5.74) is 3.40. The third-order valence-corrected chi connectivity index (χ3v) is 6.61. The fraction of sp³-hybridized carbons (Fsp3) is 0.700. The molecule has 22 heavy (non-hydrogen) atoms. The lowest BCUT2D eigenvalue weighted by Crippen LogP contribution is -2.47. The molecule has 2 aliphatic heterocycles. The van der Waals surface area contributed by atoms with Crippen molar-refractivity contribution in [2.45, 2.75) is 63.3 Å². The van der Waals surface area contributed by atoms with E-state index in [4.69, 9.17) is 0 Å². The zero-order valence-corrected chi connectivity index (χ0v) is 14.0. The highest BCUT2D eigenvalue weighted by Gasteiger charge is 2.42. The molecule has 1 saturated carbocycles. The summed E-state index contributed by atoms with van der Waals surface area (Å²) in [7, 11) is 0. The van der Waals surface area contributed by atoms with Crippen LogP contribution in [-0.4, -0.2) is 30.6 Å². The summed E-state index contributed by atoms with van der Waals surface area (Å²) in [4.78, 5) is 2.82. The summed E-state index contributed by atoms with van der Waals surface area (Å²) < 4.78 is 0. The maximum Gasteiger partial charge on any atom is 0.0379 e. The Hall–Kier alpha value is -1.02. The van der Waals surface area contributed by atoms with Gasteiger partial charge in [-0.25, -0.2) is 0 Å². The molecule has 2 atom stereocenters. The zero-order valence-electron chi connectivity index (χ0n) is 14.0. The van der Waals surface area contributed by atoms with Crippen LogP contribution in [-0.2, 0) is 5.41 Å². The van der Waals surface area contributed by atoms with Gasteiger partial charge in [-0.1, -0.05) is 38.0 Å². The van der Waals surface area contributed by atoms with Crippen LogP contribution in [0.3, 0.4) is 0 Å². The molecule has 0 radical (unpaired) electrons. The Labute approximate surface area is 136 Å². The van der Waals surface area contributed by atoms with Crippen molar-refractivity contribution in [3.63, 3.8) is 0 Å². The molecule has 1 aromatic rings. The van der Waals surface area contributed by atoms with E-state index in [0.717, 1.165) is 18.5 Å². The number of fused-ring (bicyclic) bond motifs is 2. The number of benzene rings is 1. The molecule has 0 amide bonds. The van der Waals surface area contributed by atoms with Crippen LogP contribution in [0, 0.1) is 5.92 Å². The molecule has 2 unspecified atom stereocenters. The quantitative estimate of drug-likeness (QED) is 0.759. The van der Waals surface area contributed by atoms with Crippen molar-refractivity contribution in [2.24, 2.45) is 5.92 Å². The zero-order chi connectivity index (χ0) is 15.0. The Morgan fingerprint density at radius 1 is 1.09 bits per heavy atom. The van der Waals surface area contributed by atoms with Gasteiger partial charge >= 0.3 is 0 Å². The predicted octanol–water partition coefficient (Wildman–Crippen LogP) is 4.66. The standard InChI is InChI=1S/C20H30N2.H2/c1-16-5-4-6-17(10-9-16)22-13-11-20(12-14-22)15-21-19-8-3-2-7-18(19)20;/h2-3,7-8,16-17,21H,4-6,9-15H2,1H3;1H. The second-order valence-corrected chi connectivity index (χ2v) is 7.98. The molecule has 0 bridgehead atoms. The molecule has 0 aromatic heterocycles. The molecule has 1 aliphatic carbocycles. The van der Waals surface area contributed by atoms with Crippen LogP contribution >= 0.6 is 0 Å². The molecule has 2 heteroatoms. The number of anilines is 1. The number of nitrogens with zero attached hydrogens (tertiary/aromatic N) is 1. The third kappa shape index (κ3) is 2.56. The van der Waals surface area contributed by atoms with Gasteiger partial charge in [-0.2, -0.15) is 0 Å². The Bertz CT molecular complexity index is 522. The molecule has 1 N–H and O–H groups in total. The molecule has 4 rings (SSSR count). The highest BCUT2D eigenvalue weighted by molar-refractivity contribution is 5.60. The molecule has 3 aliphatic rings. The first-order valence-electron chi connectivity index (χ1n) is 9.34. The van der Waals surface area contributed by atoms with Gasteiger partial charge in [0.1, 0.15) is 0 Å². The minimum Gasteiger partial charge on any atom is -0.384 e. The summed E-state index contributed by atoms with van der Waals surface area (Å²) in [5, 5.41) is 3.65. The second kappa shape index (κ2) is 5.88. The lowest BCUT2D eigenvalue weighted by molar-refractivity contribution is 0.111. The van der Waals surface area contributed by atoms with Crippen molar-refractivity contribution in [1.82, 2.24) is 4.90 Å². The maximum atomic E-state index is 3.65. The first-order valence-corrected chi connectivity index (χ1v) is 9.34. The number of hydrogen-bond donors (Lipinski definition) is 1. The van der Waals surface area contributed by atoms with E-state index < -0.39 is 0 Å². The van der Waals surface area contributed by atoms with E-state index in [0.29, 0.717) is 5.41 Å². The summed E-state index contributed by atoms with van der Waals surface area (Å²) >= 11 is 0. The molecule has 122 valence electrons. The summed E-state index contributed by atoms with van der Waals surface area (Å²) in [6.45, 7) is 6.20. The maximum absolute atomic E-state index is 3.65. The van der Waals surface area contributed by atoms with Crippen molar-refractivity contribution >= 4 is 5.69 Å². The third-order valence-electron chi connectivity index (χ3n) is 6.61. The smallest absolute Gasteiger partial charge is 0.0379 e. The van der Waals surface area contributed by atoms with E-state index in [1.165, 1.54) is 63.7 Å². The van der Waals surface area contributed by atoms with E-state index in [9.17, 15) is 0 Å². The minimum atomic E-state index is 0. The Morgan fingerprint density at radius 3 is 2.77 bits per heavy atom. The molecule has 1 aromatic carbocycles. The van der Waals surface area contributed by atoms with Gasteiger partial charge in [-0.3, -0.25) is 0 Å². The van der Waals surface area contributed by atoms with Crippen LogP contribution < -0.4 is 5.32 Å². The Morgan fingerprint density at radius 2 is 1.91 bits per heavy atom. The number of nitrogens with one attached hydrogen (secondary N) is 1. The fourth-order valence-corrected chi connectivity index (χ4v) is 5.06. The summed E-state index contributed by atoms with van der Waals surface area (Å²) in [6.07, 6.45) is 9.88. The molecule has 1 saturated heterocycles. The summed E-state index contributed by atoms with van der Waals surface area (Å²) in [5.74, 6) is 0.951. The van der Waals surface area contributed by atoms with E-state index in [1.807, 2.05) is 0 Å². The lowest BCUT2D eigenvalue weighted by atomic mass is 9.74. The van der Waals surface area contributed by atoms with Gasteiger partial charge in [0.15, 0.2) is 0 Å². The van der Waals surface area contributed by atoms with Crippen LogP contribution in [0.1, 0.15) is 58.9 Å². The number of para-hydroxylation sites is 1. The van der Waals surface area contributed by atoms with Crippen molar-refractivity contribution in [1.29, 1.82) is 0 Å².